The van der Waals surface area contributed by atoms with E-state index in [0.717, 1.165) is 30.7 Å². The van der Waals surface area contributed by atoms with Crippen LogP contribution in [0, 0.1) is 5.92 Å². The first-order chi connectivity index (χ1) is 9.43. The molecule has 0 bridgehead atoms. The Bertz CT molecular complexity index is 417. The van der Waals surface area contributed by atoms with Gasteiger partial charge in [0, 0.05) is 23.0 Å². The molecule has 0 radical (unpaired) electrons. The zero-order valence-corrected chi connectivity index (χ0v) is 13.8. The van der Waals surface area contributed by atoms with Crippen molar-refractivity contribution in [3.8, 4) is 0 Å². The Kier molecular flexibility index (Phi) is 7.16. The maximum absolute atomic E-state index is 12.1. The summed E-state index contributed by atoms with van der Waals surface area (Å²) in [6, 6.07) is 0.204. The second-order valence-corrected chi connectivity index (χ2v) is 6.70. The summed E-state index contributed by atoms with van der Waals surface area (Å²) in [5.74, 6) is 0.136. The zero-order chi connectivity index (χ0) is 15.1. The van der Waals surface area contributed by atoms with Crippen molar-refractivity contribution < 1.29 is 4.79 Å². The van der Waals surface area contributed by atoms with Gasteiger partial charge in [-0.15, -0.1) is 11.3 Å². The number of carbonyl (C=O) groups excluding carboxylic acids is 1. The molecule has 1 amide bonds. The summed E-state index contributed by atoms with van der Waals surface area (Å²) in [6.45, 7) is 8.08. The molecule has 0 saturated carbocycles. The number of aromatic nitrogens is 1. The van der Waals surface area contributed by atoms with Crippen molar-refractivity contribution in [2.75, 3.05) is 0 Å². The number of amides is 1. The van der Waals surface area contributed by atoms with E-state index in [-0.39, 0.29) is 23.9 Å². The minimum absolute atomic E-state index is 0.0105. The molecule has 20 heavy (non-hydrogen) atoms. The van der Waals surface area contributed by atoms with E-state index >= 15 is 0 Å². The predicted octanol–water partition coefficient (Wildman–Crippen LogP) is 3.04. The summed E-state index contributed by atoms with van der Waals surface area (Å²) in [5, 5.41) is 4.03. The van der Waals surface area contributed by atoms with Crippen LogP contribution in [0.25, 0.3) is 0 Å². The average molecular weight is 297 g/mol. The Morgan fingerprint density at radius 2 is 2.10 bits per heavy atom. The topological polar surface area (TPSA) is 68.0 Å². The summed E-state index contributed by atoms with van der Waals surface area (Å²) < 4.78 is 0. The summed E-state index contributed by atoms with van der Waals surface area (Å²) in [4.78, 5) is 17.7. The lowest BCUT2D eigenvalue weighted by Gasteiger charge is -2.16. The van der Waals surface area contributed by atoms with Gasteiger partial charge in [0.1, 0.15) is 5.01 Å². The van der Waals surface area contributed by atoms with E-state index in [9.17, 15) is 4.79 Å². The van der Waals surface area contributed by atoms with Crippen LogP contribution >= 0.6 is 11.3 Å². The molecule has 114 valence electrons. The molecule has 1 aromatic heterocycles. The van der Waals surface area contributed by atoms with E-state index in [4.69, 9.17) is 5.73 Å². The van der Waals surface area contributed by atoms with Crippen molar-refractivity contribution in [1.82, 2.24) is 10.3 Å². The van der Waals surface area contributed by atoms with Gasteiger partial charge in [0.25, 0.3) is 0 Å². The lowest BCUT2D eigenvalue weighted by molar-refractivity contribution is -0.125. The quantitative estimate of drug-likeness (QED) is 0.775. The monoisotopic (exact) mass is 297 g/mol. The first-order valence-corrected chi connectivity index (χ1v) is 8.26. The molecule has 4 nitrogen and oxygen atoms in total. The van der Waals surface area contributed by atoms with E-state index in [1.807, 2.05) is 27.0 Å². The number of rotatable bonds is 8. The minimum Gasteiger partial charge on any atom is -0.347 e. The van der Waals surface area contributed by atoms with Crippen molar-refractivity contribution >= 4 is 17.2 Å². The fourth-order valence-corrected chi connectivity index (χ4v) is 2.84. The largest absolute Gasteiger partial charge is 0.347 e. The molecule has 0 fully saturated rings. The van der Waals surface area contributed by atoms with E-state index in [2.05, 4.69) is 17.2 Å². The molecule has 5 heteroatoms. The molecule has 0 aliphatic rings. The Hall–Kier alpha value is -0.940. The number of hydrogen-bond donors (Lipinski definition) is 2. The van der Waals surface area contributed by atoms with Gasteiger partial charge in [-0.1, -0.05) is 20.3 Å². The fraction of sp³-hybridized carbons (Fsp3) is 0.733. The van der Waals surface area contributed by atoms with Gasteiger partial charge in [-0.2, -0.15) is 0 Å². The van der Waals surface area contributed by atoms with Crippen LogP contribution in [0.1, 0.15) is 62.9 Å². The van der Waals surface area contributed by atoms with E-state index in [1.54, 1.807) is 11.3 Å². The van der Waals surface area contributed by atoms with Crippen LogP contribution in [-0.4, -0.2) is 16.9 Å². The van der Waals surface area contributed by atoms with Gasteiger partial charge in [-0.25, -0.2) is 4.98 Å². The molecule has 0 aliphatic carbocycles. The highest BCUT2D eigenvalue weighted by Gasteiger charge is 2.17. The molecule has 1 heterocycles. The molecule has 3 unspecified atom stereocenters. The van der Waals surface area contributed by atoms with E-state index in [0.29, 0.717) is 0 Å². The number of nitrogens with one attached hydrogen (secondary N) is 1. The molecule has 0 aliphatic heterocycles. The minimum atomic E-state index is -0.0105. The van der Waals surface area contributed by atoms with Crippen LogP contribution in [0.3, 0.4) is 0 Å². The molecule has 0 aromatic carbocycles. The molecular weight excluding hydrogens is 270 g/mol. The van der Waals surface area contributed by atoms with Crippen molar-refractivity contribution in [2.45, 2.75) is 65.5 Å². The first-order valence-electron chi connectivity index (χ1n) is 7.44. The smallest absolute Gasteiger partial charge is 0.223 e. The summed E-state index contributed by atoms with van der Waals surface area (Å²) in [6.07, 6.45) is 5.75. The predicted molar refractivity (Wildman–Crippen MR) is 84.7 cm³/mol. The Morgan fingerprint density at radius 3 is 2.65 bits per heavy atom. The van der Waals surface area contributed by atoms with Crippen molar-refractivity contribution in [3.63, 3.8) is 0 Å². The normalized spacial score (nSPS) is 15.7. The van der Waals surface area contributed by atoms with Gasteiger partial charge >= 0.3 is 0 Å². The van der Waals surface area contributed by atoms with Crippen LogP contribution in [0.4, 0.5) is 0 Å². The molecule has 3 N–H and O–H groups in total. The molecule has 3 atom stereocenters. The standard InChI is InChI=1S/C15H27N3OS/c1-5-13-9-17-15(20-13)12(4)18-14(19)10(2)7-6-8-11(3)16/h9-12H,5-8,16H2,1-4H3,(H,18,19). The maximum Gasteiger partial charge on any atom is 0.223 e. The average Bonchev–Trinajstić information content (AvgIpc) is 2.86. The number of hydrogen-bond acceptors (Lipinski definition) is 4. The third-order valence-corrected chi connectivity index (χ3v) is 4.72. The summed E-state index contributed by atoms with van der Waals surface area (Å²) in [5.41, 5.74) is 5.72. The number of nitrogens with zero attached hydrogens (tertiary/aromatic N) is 1. The van der Waals surface area contributed by atoms with E-state index in [1.165, 1.54) is 4.88 Å². The lowest BCUT2D eigenvalue weighted by Crippen LogP contribution is -2.31. The van der Waals surface area contributed by atoms with Crippen molar-refractivity contribution in [2.24, 2.45) is 11.7 Å². The number of thiazole rings is 1. The van der Waals surface area contributed by atoms with Gasteiger partial charge in [-0.3, -0.25) is 4.79 Å². The highest BCUT2D eigenvalue weighted by atomic mass is 32.1. The summed E-state index contributed by atoms with van der Waals surface area (Å²) >= 11 is 1.67. The van der Waals surface area contributed by atoms with Crippen LogP contribution in [0.5, 0.6) is 0 Å². The summed E-state index contributed by atoms with van der Waals surface area (Å²) in [7, 11) is 0. The molecular formula is C15H27N3OS. The van der Waals surface area contributed by atoms with Gasteiger partial charge in [0.15, 0.2) is 0 Å². The third-order valence-electron chi connectivity index (χ3n) is 3.39. The SMILES string of the molecule is CCc1cnc(C(C)NC(=O)C(C)CCCC(C)N)s1. The Labute approximate surface area is 126 Å². The molecule has 0 spiro atoms. The number of aryl methyl sites for hydroxylation is 1. The second-order valence-electron chi connectivity index (χ2n) is 5.56. The third kappa shape index (κ3) is 5.59. The van der Waals surface area contributed by atoms with Crippen molar-refractivity contribution in [1.29, 1.82) is 0 Å². The van der Waals surface area contributed by atoms with Crippen LogP contribution in [-0.2, 0) is 11.2 Å². The lowest BCUT2D eigenvalue weighted by atomic mass is 10.0. The van der Waals surface area contributed by atoms with E-state index < -0.39 is 0 Å². The fourth-order valence-electron chi connectivity index (χ4n) is 1.98. The van der Waals surface area contributed by atoms with Crippen LogP contribution in [0.2, 0.25) is 0 Å². The maximum atomic E-state index is 12.1. The van der Waals surface area contributed by atoms with Crippen LogP contribution in [0.15, 0.2) is 6.20 Å². The Morgan fingerprint density at radius 1 is 1.40 bits per heavy atom. The number of nitrogens with two attached hydrogens (primary N) is 1. The molecule has 0 saturated heterocycles. The first kappa shape index (κ1) is 17.1. The second kappa shape index (κ2) is 8.37. The Balaban J connectivity index is 2.40. The van der Waals surface area contributed by atoms with Gasteiger partial charge in [0.2, 0.25) is 5.91 Å². The molecule has 1 aromatic rings. The molecule has 1 rings (SSSR count). The highest BCUT2D eigenvalue weighted by Crippen LogP contribution is 2.21. The highest BCUT2D eigenvalue weighted by molar-refractivity contribution is 7.11. The van der Waals surface area contributed by atoms with Gasteiger partial charge in [0.05, 0.1) is 6.04 Å². The van der Waals surface area contributed by atoms with Gasteiger partial charge in [-0.05, 0) is 33.1 Å². The van der Waals surface area contributed by atoms with Gasteiger partial charge < -0.3 is 11.1 Å². The van der Waals surface area contributed by atoms with Crippen molar-refractivity contribution in [3.05, 3.63) is 16.1 Å². The number of carbonyl (C=O) groups is 1. The zero-order valence-electron chi connectivity index (χ0n) is 13.0. The van der Waals surface area contributed by atoms with Crippen LogP contribution < -0.4 is 11.1 Å².